The maximum absolute atomic E-state index is 3.16. The summed E-state index contributed by atoms with van der Waals surface area (Å²) in [5, 5.41) is 4.37. The van der Waals surface area contributed by atoms with Crippen LogP contribution in [0.4, 0.5) is 0 Å². The molecular formula is C12H16SSi. The number of thioether (sulfide) groups is 1. The first-order chi connectivity index (χ1) is 6.58. The van der Waals surface area contributed by atoms with Gasteiger partial charge >= 0.3 is 0 Å². The second-order valence-electron chi connectivity index (χ2n) is 4.44. The Morgan fingerprint density at radius 1 is 1.14 bits per heavy atom. The van der Waals surface area contributed by atoms with Gasteiger partial charge in [-0.25, -0.2) is 0 Å². The van der Waals surface area contributed by atoms with Crippen molar-refractivity contribution in [1.29, 1.82) is 0 Å². The summed E-state index contributed by atoms with van der Waals surface area (Å²) in [6, 6.07) is 10.1. The van der Waals surface area contributed by atoms with E-state index < -0.39 is 8.07 Å². The van der Waals surface area contributed by atoms with Crippen molar-refractivity contribution in [3.8, 4) is 11.2 Å². The first-order valence-electron chi connectivity index (χ1n) is 4.76. The molecule has 0 fully saturated rings. The molecule has 0 atom stereocenters. The highest BCUT2D eigenvalue weighted by atomic mass is 32.2. The molecule has 2 heteroatoms. The molecule has 0 bridgehead atoms. The average molecular weight is 220 g/mol. The minimum atomic E-state index is -0.935. The molecule has 0 amide bonds. The molecule has 1 aromatic carbocycles. The lowest BCUT2D eigenvalue weighted by atomic mass is 10.2. The van der Waals surface area contributed by atoms with Gasteiger partial charge in [-0.05, 0) is 17.4 Å². The first-order valence-corrected chi connectivity index (χ1v) is 9.45. The monoisotopic (exact) mass is 220 g/mol. The first kappa shape index (κ1) is 11.4. The Morgan fingerprint density at radius 2 is 1.79 bits per heavy atom. The smallest absolute Gasteiger partial charge is 0.0561 e. The summed E-state index contributed by atoms with van der Waals surface area (Å²) in [6.07, 6.45) is 0. The van der Waals surface area contributed by atoms with Gasteiger partial charge in [0.25, 0.3) is 0 Å². The summed E-state index contributed by atoms with van der Waals surface area (Å²) in [6.45, 7) is 7.10. The molecule has 0 aliphatic heterocycles. The van der Waals surface area contributed by atoms with Gasteiger partial charge in [0.1, 0.15) is 0 Å². The highest BCUT2D eigenvalue weighted by molar-refractivity contribution is 8.05. The van der Waals surface area contributed by atoms with Crippen LogP contribution in [0.25, 0.3) is 0 Å². The molecule has 74 valence electrons. The molecule has 1 rings (SSSR count). The second-order valence-corrected chi connectivity index (χ2v) is 11.2. The third-order valence-corrected chi connectivity index (χ3v) is 5.83. The van der Waals surface area contributed by atoms with E-state index in [0.717, 1.165) is 5.56 Å². The fraction of sp³-hybridized carbons (Fsp3) is 0.333. The van der Waals surface area contributed by atoms with Crippen molar-refractivity contribution in [3.63, 3.8) is 0 Å². The molecule has 0 N–H and O–H groups in total. The van der Waals surface area contributed by atoms with Crippen molar-refractivity contribution in [1.82, 2.24) is 0 Å². The van der Waals surface area contributed by atoms with Gasteiger partial charge in [0.15, 0.2) is 0 Å². The van der Waals surface area contributed by atoms with Crippen LogP contribution in [0.3, 0.4) is 0 Å². The lowest BCUT2D eigenvalue weighted by Gasteiger charge is -2.11. The second kappa shape index (κ2) is 5.28. The molecule has 0 aliphatic rings. The van der Waals surface area contributed by atoms with E-state index >= 15 is 0 Å². The Bertz CT molecular complexity index is 327. The Labute approximate surface area is 92.1 Å². The van der Waals surface area contributed by atoms with E-state index in [1.807, 2.05) is 30.3 Å². The van der Waals surface area contributed by atoms with Gasteiger partial charge in [-0.3, -0.25) is 0 Å². The van der Waals surface area contributed by atoms with E-state index in [4.69, 9.17) is 0 Å². The SMILES string of the molecule is C[Si](C)(C)CSC#Cc1ccccc1. The van der Waals surface area contributed by atoms with Crippen molar-refractivity contribution >= 4 is 19.8 Å². The molecule has 0 aliphatic carbocycles. The zero-order valence-electron chi connectivity index (χ0n) is 9.00. The van der Waals surface area contributed by atoms with Crippen LogP contribution in [0.15, 0.2) is 30.3 Å². The number of benzene rings is 1. The summed E-state index contributed by atoms with van der Waals surface area (Å²) in [4.78, 5) is 0. The molecule has 0 unspecified atom stereocenters. The third-order valence-electron chi connectivity index (χ3n) is 1.55. The molecule has 0 saturated heterocycles. The lowest BCUT2D eigenvalue weighted by Crippen LogP contribution is -2.23. The third kappa shape index (κ3) is 5.16. The van der Waals surface area contributed by atoms with E-state index in [1.165, 1.54) is 5.38 Å². The number of rotatable bonds is 2. The van der Waals surface area contributed by atoms with Crippen molar-refractivity contribution < 1.29 is 0 Å². The van der Waals surface area contributed by atoms with Crippen LogP contribution in [-0.4, -0.2) is 13.5 Å². The van der Waals surface area contributed by atoms with E-state index in [1.54, 1.807) is 11.8 Å². The van der Waals surface area contributed by atoms with E-state index in [9.17, 15) is 0 Å². The van der Waals surface area contributed by atoms with Crippen LogP contribution >= 0.6 is 11.8 Å². The highest BCUT2D eigenvalue weighted by Gasteiger charge is 2.11. The molecule has 0 radical (unpaired) electrons. The molecule has 0 saturated carbocycles. The normalized spacial score (nSPS) is 10.5. The summed E-state index contributed by atoms with van der Waals surface area (Å²) >= 11 is 1.76. The summed E-state index contributed by atoms with van der Waals surface area (Å²) in [5.74, 6) is 3.15. The molecule has 0 nitrogen and oxygen atoms in total. The van der Waals surface area contributed by atoms with E-state index in [-0.39, 0.29) is 0 Å². The van der Waals surface area contributed by atoms with Crippen LogP contribution in [0, 0.1) is 11.2 Å². The molecule has 0 heterocycles. The Morgan fingerprint density at radius 3 is 2.36 bits per heavy atom. The summed E-state index contributed by atoms with van der Waals surface area (Å²) in [5.41, 5.74) is 1.11. The highest BCUT2D eigenvalue weighted by Crippen LogP contribution is 2.09. The van der Waals surface area contributed by atoms with Crippen LogP contribution in [-0.2, 0) is 0 Å². The zero-order chi connectivity index (χ0) is 10.4. The van der Waals surface area contributed by atoms with Gasteiger partial charge in [0.05, 0.1) is 8.07 Å². The number of hydrogen-bond acceptors (Lipinski definition) is 1. The predicted octanol–water partition coefficient (Wildman–Crippen LogP) is 3.61. The van der Waals surface area contributed by atoms with Gasteiger partial charge in [0, 0.05) is 10.9 Å². The fourth-order valence-corrected chi connectivity index (χ4v) is 3.08. The molecule has 14 heavy (non-hydrogen) atoms. The van der Waals surface area contributed by atoms with Crippen molar-refractivity contribution in [3.05, 3.63) is 35.9 Å². The van der Waals surface area contributed by atoms with Crippen LogP contribution in [0.1, 0.15) is 5.56 Å². The average Bonchev–Trinajstić information content (AvgIpc) is 2.13. The molecular weight excluding hydrogens is 204 g/mol. The van der Waals surface area contributed by atoms with E-state index in [0.29, 0.717) is 0 Å². The molecule has 0 spiro atoms. The van der Waals surface area contributed by atoms with Crippen molar-refractivity contribution in [2.24, 2.45) is 0 Å². The topological polar surface area (TPSA) is 0 Å². The summed E-state index contributed by atoms with van der Waals surface area (Å²) < 4.78 is 0. The maximum atomic E-state index is 3.16. The van der Waals surface area contributed by atoms with Gasteiger partial charge in [0.2, 0.25) is 0 Å². The standard InChI is InChI=1S/C12H16SSi/c1-14(2,3)11-13-10-9-12-7-5-4-6-8-12/h4-8H,11H2,1-3H3. The van der Waals surface area contributed by atoms with Gasteiger partial charge in [-0.1, -0.05) is 55.5 Å². The minimum absolute atomic E-state index is 0.935. The van der Waals surface area contributed by atoms with Crippen LogP contribution < -0.4 is 0 Å². The van der Waals surface area contributed by atoms with E-state index in [2.05, 4.69) is 30.8 Å². The van der Waals surface area contributed by atoms with Gasteiger partial charge in [-0.2, -0.15) is 0 Å². The van der Waals surface area contributed by atoms with Crippen molar-refractivity contribution in [2.45, 2.75) is 19.6 Å². The number of hydrogen-bond donors (Lipinski definition) is 0. The molecule has 0 aromatic heterocycles. The Kier molecular flexibility index (Phi) is 4.31. The quantitative estimate of drug-likeness (QED) is 0.542. The Balaban J connectivity index is 2.42. The summed E-state index contributed by atoms with van der Waals surface area (Å²) in [7, 11) is -0.935. The van der Waals surface area contributed by atoms with Crippen LogP contribution in [0.5, 0.6) is 0 Å². The van der Waals surface area contributed by atoms with Crippen molar-refractivity contribution in [2.75, 3.05) is 5.38 Å². The van der Waals surface area contributed by atoms with Gasteiger partial charge < -0.3 is 0 Å². The molecule has 1 aromatic rings. The fourth-order valence-electron chi connectivity index (χ4n) is 0.869. The predicted molar refractivity (Wildman–Crippen MR) is 69.1 cm³/mol. The van der Waals surface area contributed by atoms with Crippen LogP contribution in [0.2, 0.25) is 19.6 Å². The Hall–Kier alpha value is -0.653. The van der Waals surface area contributed by atoms with Gasteiger partial charge in [-0.15, -0.1) is 0 Å². The largest absolute Gasteiger partial charge is 0.0777 e. The lowest BCUT2D eigenvalue weighted by molar-refractivity contribution is 1.65. The zero-order valence-corrected chi connectivity index (χ0v) is 10.8. The maximum Gasteiger partial charge on any atom is 0.0561 e. The minimum Gasteiger partial charge on any atom is -0.0777 e.